The fourth-order valence-corrected chi connectivity index (χ4v) is 4.41. The van der Waals surface area contributed by atoms with Crippen LogP contribution in [0.5, 0.6) is 11.5 Å². The van der Waals surface area contributed by atoms with E-state index in [0.29, 0.717) is 19.0 Å². The second-order valence-electron chi connectivity index (χ2n) is 6.97. The van der Waals surface area contributed by atoms with E-state index in [-0.39, 0.29) is 18.1 Å². The molecule has 2 aliphatic rings. The van der Waals surface area contributed by atoms with Crippen LogP contribution >= 0.6 is 15.9 Å². The van der Waals surface area contributed by atoms with Gasteiger partial charge >= 0.3 is 6.03 Å². The van der Waals surface area contributed by atoms with Gasteiger partial charge in [-0.1, -0.05) is 15.9 Å². The molecule has 1 aliphatic heterocycles. The van der Waals surface area contributed by atoms with Gasteiger partial charge < -0.3 is 20.1 Å². The highest BCUT2D eigenvalue weighted by atomic mass is 79.9. The number of halogens is 1. The molecule has 1 aromatic carbocycles. The first kappa shape index (κ1) is 18.2. The number of aromatic nitrogens is 2. The predicted octanol–water partition coefficient (Wildman–Crippen LogP) is 3.39. The normalized spacial score (nSPS) is 19.1. The lowest BCUT2D eigenvalue weighted by molar-refractivity contribution is 0.171. The van der Waals surface area contributed by atoms with Crippen LogP contribution in [0.25, 0.3) is 0 Å². The molecule has 2 amide bonds. The first-order valence-corrected chi connectivity index (χ1v) is 9.99. The molecular formula is C19H23BrN4O3. The lowest BCUT2D eigenvalue weighted by Gasteiger charge is -2.26. The Kier molecular flexibility index (Phi) is 4.99. The van der Waals surface area contributed by atoms with Crippen LogP contribution in [0.15, 0.2) is 22.8 Å². The molecule has 0 saturated carbocycles. The number of carbonyl (C=O) groups is 1. The molecule has 0 spiro atoms. The number of amides is 2. The van der Waals surface area contributed by atoms with Gasteiger partial charge in [0.15, 0.2) is 11.5 Å². The molecular weight excluding hydrogens is 412 g/mol. The van der Waals surface area contributed by atoms with E-state index < -0.39 is 0 Å². The summed E-state index contributed by atoms with van der Waals surface area (Å²) in [5.74, 6) is 1.43. The van der Waals surface area contributed by atoms with Crippen LogP contribution in [0.2, 0.25) is 0 Å². The van der Waals surface area contributed by atoms with Gasteiger partial charge in [-0.15, -0.1) is 0 Å². The molecule has 144 valence electrons. The average Bonchev–Trinajstić information content (AvgIpc) is 3.03. The number of carbonyl (C=O) groups excluding carboxylic acids is 1. The first-order chi connectivity index (χ1) is 13.0. The quantitative estimate of drug-likeness (QED) is 0.775. The Balaban J connectivity index is 1.44. The standard InChI is InChI=1S/C19H23BrN4O3/c1-11(12-8-17-18(9-14(12)20)27-7-6-26-17)22-19(25)23-15-4-3-5-16-13(15)10-21-24(16)2/h8-11,15H,3-7H2,1-2H3,(H2,22,23,25)/t11-,15+/m0/s1. The largest absolute Gasteiger partial charge is 0.486 e. The molecule has 8 heteroatoms. The van der Waals surface area contributed by atoms with Gasteiger partial charge in [-0.25, -0.2) is 4.79 Å². The molecule has 1 aliphatic carbocycles. The summed E-state index contributed by atoms with van der Waals surface area (Å²) in [6.07, 6.45) is 4.83. The third kappa shape index (κ3) is 3.63. The summed E-state index contributed by atoms with van der Waals surface area (Å²) in [5.41, 5.74) is 3.27. The summed E-state index contributed by atoms with van der Waals surface area (Å²) in [7, 11) is 1.95. The van der Waals surface area contributed by atoms with E-state index in [1.165, 1.54) is 5.69 Å². The van der Waals surface area contributed by atoms with Crippen LogP contribution in [-0.2, 0) is 13.5 Å². The Bertz CT molecular complexity index is 867. The van der Waals surface area contributed by atoms with E-state index in [9.17, 15) is 4.79 Å². The molecule has 1 aromatic heterocycles. The first-order valence-electron chi connectivity index (χ1n) is 9.19. The van der Waals surface area contributed by atoms with E-state index in [2.05, 4.69) is 31.7 Å². The van der Waals surface area contributed by atoms with Gasteiger partial charge in [0.2, 0.25) is 0 Å². The summed E-state index contributed by atoms with van der Waals surface area (Å²) in [4.78, 5) is 12.6. The lowest BCUT2D eigenvalue weighted by Crippen LogP contribution is -2.40. The van der Waals surface area contributed by atoms with Crippen molar-refractivity contribution >= 4 is 22.0 Å². The van der Waals surface area contributed by atoms with Crippen LogP contribution in [0.1, 0.15) is 48.7 Å². The zero-order valence-electron chi connectivity index (χ0n) is 15.4. The van der Waals surface area contributed by atoms with Crippen molar-refractivity contribution in [3.05, 3.63) is 39.6 Å². The van der Waals surface area contributed by atoms with Crippen molar-refractivity contribution in [1.29, 1.82) is 0 Å². The third-order valence-electron chi connectivity index (χ3n) is 5.16. The summed E-state index contributed by atoms with van der Waals surface area (Å²) in [6.45, 7) is 3.03. The summed E-state index contributed by atoms with van der Waals surface area (Å²) in [6, 6.07) is 3.43. The maximum Gasteiger partial charge on any atom is 0.315 e. The van der Waals surface area contributed by atoms with Crippen molar-refractivity contribution < 1.29 is 14.3 Å². The Morgan fingerprint density at radius 1 is 1.33 bits per heavy atom. The Labute approximate surface area is 166 Å². The van der Waals surface area contributed by atoms with E-state index in [4.69, 9.17) is 9.47 Å². The highest BCUT2D eigenvalue weighted by Gasteiger charge is 2.26. The van der Waals surface area contributed by atoms with Gasteiger partial charge in [-0.2, -0.15) is 5.10 Å². The van der Waals surface area contributed by atoms with Crippen LogP contribution < -0.4 is 20.1 Å². The maximum absolute atomic E-state index is 12.6. The second-order valence-corrected chi connectivity index (χ2v) is 7.83. The van der Waals surface area contributed by atoms with Gasteiger partial charge in [0.25, 0.3) is 0 Å². The smallest absolute Gasteiger partial charge is 0.315 e. The number of urea groups is 1. The number of hydrogen-bond donors (Lipinski definition) is 2. The molecule has 0 radical (unpaired) electrons. The molecule has 0 bridgehead atoms. The van der Waals surface area contributed by atoms with E-state index in [0.717, 1.165) is 40.6 Å². The molecule has 2 aromatic rings. The van der Waals surface area contributed by atoms with Gasteiger partial charge in [-0.05, 0) is 43.9 Å². The minimum absolute atomic E-state index is 0.00152. The van der Waals surface area contributed by atoms with Gasteiger partial charge in [0, 0.05) is 22.8 Å². The zero-order valence-corrected chi connectivity index (χ0v) is 17.0. The van der Waals surface area contributed by atoms with Crippen LogP contribution in [0.4, 0.5) is 4.79 Å². The molecule has 2 heterocycles. The molecule has 0 saturated heterocycles. The topological polar surface area (TPSA) is 77.4 Å². The van der Waals surface area contributed by atoms with Crippen LogP contribution in [-0.4, -0.2) is 29.0 Å². The van der Waals surface area contributed by atoms with Crippen molar-refractivity contribution in [3.63, 3.8) is 0 Å². The molecule has 0 unspecified atom stereocenters. The monoisotopic (exact) mass is 434 g/mol. The number of nitrogens with one attached hydrogen (secondary N) is 2. The highest BCUT2D eigenvalue weighted by Crippen LogP contribution is 2.38. The second kappa shape index (κ2) is 7.42. The van der Waals surface area contributed by atoms with Crippen molar-refractivity contribution in [2.75, 3.05) is 13.2 Å². The predicted molar refractivity (Wildman–Crippen MR) is 104 cm³/mol. The molecule has 7 nitrogen and oxygen atoms in total. The van der Waals surface area contributed by atoms with Gasteiger partial charge in [-0.3, -0.25) is 4.68 Å². The molecule has 4 rings (SSSR count). The van der Waals surface area contributed by atoms with E-state index in [1.807, 2.05) is 37.0 Å². The fraction of sp³-hybridized carbons (Fsp3) is 0.474. The average molecular weight is 435 g/mol. The summed E-state index contributed by atoms with van der Waals surface area (Å²) >= 11 is 3.57. The lowest BCUT2D eigenvalue weighted by atomic mass is 9.93. The van der Waals surface area contributed by atoms with Crippen LogP contribution in [0, 0.1) is 0 Å². The molecule has 27 heavy (non-hydrogen) atoms. The molecule has 2 N–H and O–H groups in total. The van der Waals surface area contributed by atoms with Gasteiger partial charge in [0.1, 0.15) is 13.2 Å². The number of benzene rings is 1. The van der Waals surface area contributed by atoms with Crippen molar-refractivity contribution in [2.45, 2.75) is 38.3 Å². The van der Waals surface area contributed by atoms with Crippen molar-refractivity contribution in [1.82, 2.24) is 20.4 Å². The number of nitrogens with zero attached hydrogens (tertiary/aromatic N) is 2. The zero-order chi connectivity index (χ0) is 19.0. The van der Waals surface area contributed by atoms with E-state index in [1.54, 1.807) is 0 Å². The number of hydrogen-bond acceptors (Lipinski definition) is 4. The number of rotatable bonds is 3. The maximum atomic E-state index is 12.6. The minimum atomic E-state index is -0.189. The third-order valence-corrected chi connectivity index (χ3v) is 5.84. The number of ether oxygens (including phenoxy) is 2. The Morgan fingerprint density at radius 2 is 2.07 bits per heavy atom. The number of aryl methyl sites for hydroxylation is 1. The highest BCUT2D eigenvalue weighted by molar-refractivity contribution is 9.10. The SMILES string of the molecule is C[C@H](NC(=O)N[C@@H]1CCCc2c1cnn2C)c1cc2c(cc1Br)OCCO2. The van der Waals surface area contributed by atoms with Gasteiger partial charge in [0.05, 0.1) is 18.3 Å². The summed E-state index contributed by atoms with van der Waals surface area (Å²) < 4.78 is 14.0. The molecule has 0 fully saturated rings. The number of fused-ring (bicyclic) bond motifs is 2. The Morgan fingerprint density at radius 3 is 2.85 bits per heavy atom. The van der Waals surface area contributed by atoms with Crippen LogP contribution in [0.3, 0.4) is 0 Å². The van der Waals surface area contributed by atoms with Crippen molar-refractivity contribution in [3.8, 4) is 11.5 Å². The summed E-state index contributed by atoms with van der Waals surface area (Å²) in [5, 5.41) is 10.5. The molecule has 2 atom stereocenters. The minimum Gasteiger partial charge on any atom is -0.486 e. The Hall–Kier alpha value is -2.22. The fourth-order valence-electron chi connectivity index (χ4n) is 3.74. The van der Waals surface area contributed by atoms with Crippen molar-refractivity contribution in [2.24, 2.45) is 7.05 Å². The van der Waals surface area contributed by atoms with E-state index >= 15 is 0 Å².